The van der Waals surface area contributed by atoms with E-state index in [0.29, 0.717) is 0 Å². The lowest BCUT2D eigenvalue weighted by Gasteiger charge is -2.07. The topological polar surface area (TPSA) is 82.3 Å². The Morgan fingerprint density at radius 1 is 1.32 bits per heavy atom. The molecule has 8 heteroatoms. The lowest BCUT2D eigenvalue weighted by atomic mass is 10.1. The van der Waals surface area contributed by atoms with Crippen LogP contribution in [0.5, 0.6) is 0 Å². The quantitative estimate of drug-likeness (QED) is 0.792. The molecule has 0 radical (unpaired) electrons. The van der Waals surface area contributed by atoms with Crippen molar-refractivity contribution in [2.45, 2.75) is 13.8 Å². The fourth-order valence-electron chi connectivity index (χ4n) is 1.51. The lowest BCUT2D eigenvalue weighted by molar-refractivity contribution is 0.0526. The molecule has 2 aromatic heterocycles. The molecule has 0 aliphatic carbocycles. The highest BCUT2D eigenvalue weighted by molar-refractivity contribution is 6.40. The third-order valence-electron chi connectivity index (χ3n) is 2.37. The fraction of sp³-hybridized carbons (Fsp3) is 0.273. The Balaban J connectivity index is 2.86. The Hall–Kier alpha value is -1.66. The van der Waals surface area contributed by atoms with Gasteiger partial charge in [0.2, 0.25) is 0 Å². The van der Waals surface area contributed by atoms with Crippen LogP contribution in [0.1, 0.15) is 22.8 Å². The summed E-state index contributed by atoms with van der Waals surface area (Å²) in [5.41, 5.74) is -0.751. The smallest absolute Gasteiger partial charge is 0.341 e. The van der Waals surface area contributed by atoms with Crippen LogP contribution in [-0.4, -0.2) is 22.5 Å². The summed E-state index contributed by atoms with van der Waals surface area (Å²) in [6, 6.07) is 0. The summed E-state index contributed by atoms with van der Waals surface area (Å²) >= 11 is 11.4. The minimum Gasteiger partial charge on any atom is -0.462 e. The largest absolute Gasteiger partial charge is 0.462 e. The molecule has 2 heterocycles. The molecule has 2 aromatic rings. The van der Waals surface area contributed by atoms with Gasteiger partial charge in [-0.25, -0.2) is 14.6 Å². The molecule has 0 aliphatic heterocycles. The molecule has 0 fully saturated rings. The average molecular weight is 303 g/mol. The van der Waals surface area contributed by atoms with Crippen molar-refractivity contribution in [1.82, 2.24) is 9.97 Å². The van der Waals surface area contributed by atoms with Crippen molar-refractivity contribution in [3.05, 3.63) is 31.9 Å². The van der Waals surface area contributed by atoms with Crippen LogP contribution >= 0.6 is 23.2 Å². The number of halogens is 2. The number of ether oxygens (including phenoxy) is 1. The van der Waals surface area contributed by atoms with Gasteiger partial charge in [0, 0.05) is 0 Å². The number of carbonyl (C=O) groups excluding carboxylic acids is 1. The highest BCUT2D eigenvalue weighted by Crippen LogP contribution is 2.24. The molecule has 0 aromatic carbocycles. The van der Waals surface area contributed by atoms with E-state index >= 15 is 0 Å². The van der Waals surface area contributed by atoms with E-state index in [4.69, 9.17) is 32.4 Å². The van der Waals surface area contributed by atoms with Crippen molar-refractivity contribution >= 4 is 40.4 Å². The summed E-state index contributed by atoms with van der Waals surface area (Å²) < 4.78 is 9.80. The summed E-state index contributed by atoms with van der Waals surface area (Å²) in [6.07, 6.45) is 0. The first-order valence-electron chi connectivity index (χ1n) is 5.29. The summed E-state index contributed by atoms with van der Waals surface area (Å²) in [5, 5.41) is -0.205. The molecule has 0 N–H and O–H groups in total. The van der Waals surface area contributed by atoms with Crippen LogP contribution in [0.25, 0.3) is 11.2 Å². The highest BCUT2D eigenvalue weighted by atomic mass is 35.5. The second-order valence-corrected chi connectivity index (χ2v) is 4.29. The zero-order chi connectivity index (χ0) is 14.2. The molecular weight excluding hydrogens is 295 g/mol. The maximum atomic E-state index is 11.9. The third kappa shape index (κ3) is 2.41. The predicted molar refractivity (Wildman–Crippen MR) is 68.8 cm³/mol. The van der Waals surface area contributed by atoms with E-state index in [1.165, 1.54) is 6.92 Å². The third-order valence-corrected chi connectivity index (χ3v) is 2.99. The van der Waals surface area contributed by atoms with Crippen molar-refractivity contribution in [1.29, 1.82) is 0 Å². The Labute approximate surface area is 117 Å². The maximum absolute atomic E-state index is 11.9. The number of aromatic nitrogens is 2. The summed E-state index contributed by atoms with van der Waals surface area (Å²) in [7, 11) is 0. The van der Waals surface area contributed by atoms with Gasteiger partial charge in [-0.1, -0.05) is 23.2 Å². The van der Waals surface area contributed by atoms with Gasteiger partial charge in [0.15, 0.2) is 10.3 Å². The van der Waals surface area contributed by atoms with Crippen LogP contribution in [0.2, 0.25) is 10.3 Å². The molecule has 0 spiro atoms. The Bertz CT molecular complexity index is 727. The average Bonchev–Trinajstić information content (AvgIpc) is 2.34. The number of carbonyl (C=O) groups is 1. The van der Waals surface area contributed by atoms with E-state index in [0.717, 1.165) is 0 Å². The maximum Gasteiger partial charge on any atom is 0.341 e. The first-order chi connectivity index (χ1) is 8.95. The van der Waals surface area contributed by atoms with E-state index in [9.17, 15) is 9.59 Å². The molecule has 0 saturated carbocycles. The number of rotatable bonds is 2. The number of nitrogens with zero attached hydrogens (tertiary/aromatic N) is 2. The summed E-state index contributed by atoms with van der Waals surface area (Å²) in [6.45, 7) is 3.24. The molecule has 0 unspecified atom stereocenters. The monoisotopic (exact) mass is 302 g/mol. The van der Waals surface area contributed by atoms with Crippen LogP contribution in [0.3, 0.4) is 0 Å². The van der Waals surface area contributed by atoms with Crippen molar-refractivity contribution in [2.24, 2.45) is 0 Å². The SMILES string of the molecule is CCOC(=O)c1c(C)c(=O)oc2nc(Cl)c(Cl)nc12. The molecule has 0 atom stereocenters. The Morgan fingerprint density at radius 2 is 1.95 bits per heavy atom. The van der Waals surface area contributed by atoms with Crippen molar-refractivity contribution in [2.75, 3.05) is 6.61 Å². The van der Waals surface area contributed by atoms with E-state index in [2.05, 4.69) is 9.97 Å². The summed E-state index contributed by atoms with van der Waals surface area (Å²) in [5.74, 6) is -0.689. The van der Waals surface area contributed by atoms with Gasteiger partial charge in [-0.15, -0.1) is 0 Å². The zero-order valence-corrected chi connectivity index (χ0v) is 11.5. The minimum atomic E-state index is -0.705. The molecule has 2 rings (SSSR count). The molecule has 6 nitrogen and oxygen atoms in total. The van der Waals surface area contributed by atoms with Gasteiger partial charge in [-0.3, -0.25) is 0 Å². The molecule has 19 heavy (non-hydrogen) atoms. The zero-order valence-electron chi connectivity index (χ0n) is 9.99. The fourth-order valence-corrected chi connectivity index (χ4v) is 1.76. The number of fused-ring (bicyclic) bond motifs is 1. The van der Waals surface area contributed by atoms with Crippen LogP contribution in [-0.2, 0) is 4.74 Å². The molecular formula is C11H8Cl2N2O4. The van der Waals surface area contributed by atoms with Gasteiger partial charge in [0.1, 0.15) is 11.1 Å². The van der Waals surface area contributed by atoms with Crippen LogP contribution in [0.15, 0.2) is 9.21 Å². The van der Waals surface area contributed by atoms with E-state index in [1.807, 2.05) is 0 Å². The molecule has 0 saturated heterocycles. The van der Waals surface area contributed by atoms with Crippen LogP contribution in [0.4, 0.5) is 0 Å². The van der Waals surface area contributed by atoms with Gasteiger partial charge in [0.05, 0.1) is 12.2 Å². The first-order valence-corrected chi connectivity index (χ1v) is 6.04. The van der Waals surface area contributed by atoms with Gasteiger partial charge in [-0.2, -0.15) is 4.98 Å². The Kier molecular flexibility index (Phi) is 3.73. The second kappa shape index (κ2) is 5.14. The van der Waals surface area contributed by atoms with E-state index < -0.39 is 11.6 Å². The molecule has 0 aliphatic rings. The Morgan fingerprint density at radius 3 is 2.58 bits per heavy atom. The number of hydrogen-bond donors (Lipinski definition) is 0. The van der Waals surface area contributed by atoms with Gasteiger partial charge >= 0.3 is 11.6 Å². The van der Waals surface area contributed by atoms with E-state index in [-0.39, 0.29) is 39.3 Å². The normalized spacial score (nSPS) is 10.7. The second-order valence-electron chi connectivity index (χ2n) is 3.57. The lowest BCUT2D eigenvalue weighted by Crippen LogP contribution is -2.16. The van der Waals surface area contributed by atoms with Gasteiger partial charge in [0.25, 0.3) is 5.71 Å². The number of hydrogen-bond acceptors (Lipinski definition) is 6. The highest BCUT2D eigenvalue weighted by Gasteiger charge is 2.22. The standard InChI is InChI=1S/C11H8Cl2N2O4/c1-3-18-11(17)5-4(2)10(16)19-9-6(5)14-7(12)8(13)15-9/h3H2,1-2H3. The van der Waals surface area contributed by atoms with Crippen molar-refractivity contribution in [3.63, 3.8) is 0 Å². The number of esters is 1. The van der Waals surface area contributed by atoms with Crippen LogP contribution in [0, 0.1) is 6.92 Å². The molecule has 0 amide bonds. The first kappa shape index (κ1) is 13.8. The van der Waals surface area contributed by atoms with Crippen LogP contribution < -0.4 is 5.63 Å². The predicted octanol–water partition coefficient (Wildman–Crippen LogP) is 2.37. The van der Waals surface area contributed by atoms with E-state index in [1.54, 1.807) is 6.92 Å². The molecule has 100 valence electrons. The summed E-state index contributed by atoms with van der Waals surface area (Å²) in [4.78, 5) is 31.2. The minimum absolute atomic E-state index is 0.0147. The molecule has 0 bridgehead atoms. The van der Waals surface area contributed by atoms with Gasteiger partial charge < -0.3 is 9.15 Å². The van der Waals surface area contributed by atoms with Crippen molar-refractivity contribution in [3.8, 4) is 0 Å². The van der Waals surface area contributed by atoms with Crippen molar-refractivity contribution < 1.29 is 13.9 Å². The van der Waals surface area contributed by atoms with Gasteiger partial charge in [-0.05, 0) is 13.8 Å².